The number of unbranched alkanes of at least 4 members (excludes halogenated alkanes) is 1. The maximum Gasteiger partial charge on any atom is 0.0900 e. The molecule has 2 aliphatic rings. The maximum absolute atomic E-state index is 9.98. The van der Waals surface area contributed by atoms with Crippen LogP contribution < -0.4 is 0 Å². The molecule has 19 heavy (non-hydrogen) atoms. The van der Waals surface area contributed by atoms with Gasteiger partial charge < -0.3 is 9.84 Å². The quantitative estimate of drug-likeness (QED) is 0.675. The average molecular weight is 270 g/mol. The maximum atomic E-state index is 9.98. The second-order valence-corrected chi connectivity index (χ2v) is 6.03. The molecule has 0 radical (unpaired) electrons. The number of likely N-dealkylation sites (tertiary alicyclic amines) is 2. The Hall–Kier alpha value is -0.160. The first-order chi connectivity index (χ1) is 9.29. The summed E-state index contributed by atoms with van der Waals surface area (Å²) in [4.78, 5) is 5.03. The summed E-state index contributed by atoms with van der Waals surface area (Å²) in [5.74, 6) is 0. The van der Waals surface area contributed by atoms with Gasteiger partial charge in [-0.25, -0.2) is 0 Å². The zero-order valence-electron chi connectivity index (χ0n) is 12.4. The van der Waals surface area contributed by atoms with E-state index in [4.69, 9.17) is 4.74 Å². The first kappa shape index (κ1) is 15.2. The standard InChI is InChI=1S/C15H30N2O2/c1-2-3-10-19-13-15(18)12-16-9-6-14(11-16)17-7-4-5-8-17/h14-15,18H,2-13H2,1H3. The average Bonchev–Trinajstić information content (AvgIpc) is 3.04. The highest BCUT2D eigenvalue weighted by molar-refractivity contribution is 4.86. The van der Waals surface area contributed by atoms with Crippen molar-refractivity contribution in [3.63, 3.8) is 0 Å². The van der Waals surface area contributed by atoms with Crippen LogP contribution >= 0.6 is 0 Å². The van der Waals surface area contributed by atoms with Gasteiger partial charge in [-0.2, -0.15) is 0 Å². The number of nitrogens with zero attached hydrogens (tertiary/aromatic N) is 2. The molecule has 0 aromatic carbocycles. The third kappa shape index (κ3) is 5.03. The Bertz CT molecular complexity index is 244. The Morgan fingerprint density at radius 2 is 2.05 bits per heavy atom. The number of β-amino-alcohol motifs (C(OH)–C–C–N with tert-alkyl or cyclic N) is 1. The summed E-state index contributed by atoms with van der Waals surface area (Å²) >= 11 is 0. The van der Waals surface area contributed by atoms with Gasteiger partial charge in [-0.15, -0.1) is 0 Å². The molecule has 4 heteroatoms. The minimum atomic E-state index is -0.325. The highest BCUT2D eigenvalue weighted by Crippen LogP contribution is 2.20. The SMILES string of the molecule is CCCCOCC(O)CN1CCC(N2CCCC2)C1. The molecule has 0 saturated carbocycles. The Labute approximate surface area is 117 Å². The Morgan fingerprint density at radius 1 is 1.26 bits per heavy atom. The van der Waals surface area contributed by atoms with E-state index in [0.717, 1.165) is 45.1 Å². The van der Waals surface area contributed by atoms with Gasteiger partial charge in [0.2, 0.25) is 0 Å². The van der Waals surface area contributed by atoms with Crippen LogP contribution in [-0.4, -0.2) is 73.0 Å². The minimum Gasteiger partial charge on any atom is -0.389 e. The molecule has 2 saturated heterocycles. The lowest BCUT2D eigenvalue weighted by atomic mass is 10.2. The monoisotopic (exact) mass is 270 g/mol. The van der Waals surface area contributed by atoms with E-state index >= 15 is 0 Å². The van der Waals surface area contributed by atoms with Crippen molar-refractivity contribution in [1.82, 2.24) is 9.80 Å². The molecule has 0 aromatic heterocycles. The second-order valence-electron chi connectivity index (χ2n) is 6.03. The smallest absolute Gasteiger partial charge is 0.0900 e. The van der Waals surface area contributed by atoms with E-state index in [-0.39, 0.29) is 6.10 Å². The summed E-state index contributed by atoms with van der Waals surface area (Å²) in [5, 5.41) is 9.98. The van der Waals surface area contributed by atoms with E-state index in [1.54, 1.807) is 0 Å². The minimum absolute atomic E-state index is 0.325. The van der Waals surface area contributed by atoms with Crippen LogP contribution in [-0.2, 0) is 4.74 Å². The third-order valence-corrected chi connectivity index (χ3v) is 4.33. The van der Waals surface area contributed by atoms with E-state index in [2.05, 4.69) is 16.7 Å². The van der Waals surface area contributed by atoms with Crippen molar-refractivity contribution in [2.24, 2.45) is 0 Å². The summed E-state index contributed by atoms with van der Waals surface area (Å²) in [5.41, 5.74) is 0. The molecule has 0 bridgehead atoms. The molecule has 0 amide bonds. The molecule has 2 heterocycles. The van der Waals surface area contributed by atoms with Gasteiger partial charge in [0.15, 0.2) is 0 Å². The highest BCUT2D eigenvalue weighted by Gasteiger charge is 2.29. The van der Waals surface area contributed by atoms with Crippen LogP contribution in [0.25, 0.3) is 0 Å². The molecule has 2 unspecified atom stereocenters. The van der Waals surface area contributed by atoms with Gasteiger partial charge >= 0.3 is 0 Å². The molecule has 2 fully saturated rings. The normalized spacial score (nSPS) is 27.2. The largest absolute Gasteiger partial charge is 0.389 e. The Balaban J connectivity index is 1.58. The van der Waals surface area contributed by atoms with Crippen molar-refractivity contribution in [3.05, 3.63) is 0 Å². The van der Waals surface area contributed by atoms with Crippen molar-refractivity contribution < 1.29 is 9.84 Å². The Kier molecular flexibility index (Phi) is 6.57. The lowest BCUT2D eigenvalue weighted by Crippen LogP contribution is -2.38. The van der Waals surface area contributed by atoms with Gasteiger partial charge in [0.05, 0.1) is 12.7 Å². The molecule has 4 nitrogen and oxygen atoms in total. The second kappa shape index (κ2) is 8.20. The number of ether oxygens (including phenoxy) is 1. The van der Waals surface area contributed by atoms with Crippen LogP contribution in [0.1, 0.15) is 39.0 Å². The fourth-order valence-electron chi connectivity index (χ4n) is 3.20. The van der Waals surface area contributed by atoms with Crippen molar-refractivity contribution in [2.45, 2.75) is 51.2 Å². The molecular weight excluding hydrogens is 240 g/mol. The van der Waals surface area contributed by atoms with E-state index in [1.807, 2.05) is 0 Å². The third-order valence-electron chi connectivity index (χ3n) is 4.33. The number of hydrogen-bond acceptors (Lipinski definition) is 4. The van der Waals surface area contributed by atoms with Crippen LogP contribution in [0.4, 0.5) is 0 Å². The van der Waals surface area contributed by atoms with Gasteiger partial charge in [0, 0.05) is 25.7 Å². The van der Waals surface area contributed by atoms with Gasteiger partial charge in [0.1, 0.15) is 0 Å². The molecule has 0 spiro atoms. The van der Waals surface area contributed by atoms with Crippen LogP contribution in [0.15, 0.2) is 0 Å². The van der Waals surface area contributed by atoms with Gasteiger partial charge in [-0.1, -0.05) is 13.3 Å². The van der Waals surface area contributed by atoms with Crippen molar-refractivity contribution in [1.29, 1.82) is 0 Å². The van der Waals surface area contributed by atoms with Crippen molar-refractivity contribution in [3.8, 4) is 0 Å². The van der Waals surface area contributed by atoms with Crippen LogP contribution in [0.5, 0.6) is 0 Å². The first-order valence-corrected chi connectivity index (χ1v) is 8.01. The lowest BCUT2D eigenvalue weighted by molar-refractivity contribution is 0.0186. The molecule has 0 aliphatic carbocycles. The van der Waals surface area contributed by atoms with Gasteiger partial charge in [-0.05, 0) is 45.3 Å². The van der Waals surface area contributed by atoms with Crippen LogP contribution in [0.3, 0.4) is 0 Å². The molecule has 112 valence electrons. The predicted molar refractivity (Wildman–Crippen MR) is 77.4 cm³/mol. The molecule has 1 N–H and O–H groups in total. The summed E-state index contributed by atoms with van der Waals surface area (Å²) < 4.78 is 5.49. The molecule has 2 atom stereocenters. The summed E-state index contributed by atoms with van der Waals surface area (Å²) in [6.07, 6.45) is 5.92. The Morgan fingerprint density at radius 3 is 2.79 bits per heavy atom. The van der Waals surface area contributed by atoms with Gasteiger partial charge in [-0.3, -0.25) is 9.80 Å². The molecule has 2 aliphatic heterocycles. The van der Waals surface area contributed by atoms with E-state index < -0.39 is 0 Å². The zero-order chi connectivity index (χ0) is 13.5. The van der Waals surface area contributed by atoms with E-state index in [9.17, 15) is 5.11 Å². The summed E-state index contributed by atoms with van der Waals surface area (Å²) in [6, 6.07) is 0.732. The fourth-order valence-corrected chi connectivity index (χ4v) is 3.20. The topological polar surface area (TPSA) is 35.9 Å². The first-order valence-electron chi connectivity index (χ1n) is 8.01. The van der Waals surface area contributed by atoms with Crippen LogP contribution in [0.2, 0.25) is 0 Å². The van der Waals surface area contributed by atoms with Crippen molar-refractivity contribution >= 4 is 0 Å². The molecule has 2 rings (SSSR count). The van der Waals surface area contributed by atoms with Crippen molar-refractivity contribution in [2.75, 3.05) is 45.9 Å². The summed E-state index contributed by atoms with van der Waals surface area (Å²) in [6.45, 7) is 9.02. The lowest BCUT2D eigenvalue weighted by Gasteiger charge is -2.24. The fraction of sp³-hybridized carbons (Fsp3) is 1.00. The highest BCUT2D eigenvalue weighted by atomic mass is 16.5. The number of rotatable bonds is 8. The molecular formula is C15H30N2O2. The summed E-state index contributed by atoms with van der Waals surface area (Å²) in [7, 11) is 0. The van der Waals surface area contributed by atoms with Crippen LogP contribution in [0, 0.1) is 0 Å². The number of aliphatic hydroxyl groups excluding tert-OH is 1. The van der Waals surface area contributed by atoms with Gasteiger partial charge in [0.25, 0.3) is 0 Å². The van der Waals surface area contributed by atoms with E-state index in [0.29, 0.717) is 6.61 Å². The number of hydrogen-bond donors (Lipinski definition) is 1. The predicted octanol–water partition coefficient (Wildman–Crippen LogP) is 1.33. The molecule has 0 aromatic rings. The number of aliphatic hydroxyl groups is 1. The zero-order valence-corrected chi connectivity index (χ0v) is 12.4. The van der Waals surface area contributed by atoms with E-state index in [1.165, 1.54) is 32.4 Å².